The molecule has 0 aliphatic carbocycles. The van der Waals surface area contributed by atoms with Crippen molar-refractivity contribution in [1.29, 1.82) is 0 Å². The summed E-state index contributed by atoms with van der Waals surface area (Å²) >= 11 is 6.13. The molecule has 2 aliphatic heterocycles. The number of halogens is 1. The van der Waals surface area contributed by atoms with Crippen LogP contribution in [0.1, 0.15) is 12.0 Å². The number of rotatable bonds is 2. The third-order valence-corrected chi connectivity index (χ3v) is 5.96. The van der Waals surface area contributed by atoms with Gasteiger partial charge in [-0.25, -0.2) is 15.0 Å². The van der Waals surface area contributed by atoms with Gasteiger partial charge in [0.25, 0.3) is 5.91 Å². The summed E-state index contributed by atoms with van der Waals surface area (Å²) in [6.07, 6.45) is 1.85. The number of aliphatic hydroxyl groups is 1. The van der Waals surface area contributed by atoms with Crippen LogP contribution in [0.25, 0.3) is 22.3 Å². The Hall–Kier alpha value is -3.21. The maximum Gasteiger partial charge on any atom is 0.267 e. The van der Waals surface area contributed by atoms with Crippen molar-refractivity contribution in [3.05, 3.63) is 48.3 Å². The molecule has 5 rings (SSSR count). The van der Waals surface area contributed by atoms with E-state index >= 15 is 0 Å². The number of carbonyl (C=O) groups is 1. The van der Waals surface area contributed by atoms with Gasteiger partial charge in [0.05, 0.1) is 16.6 Å². The first-order chi connectivity index (χ1) is 14.9. The van der Waals surface area contributed by atoms with Crippen molar-refractivity contribution >= 4 is 34.4 Å². The van der Waals surface area contributed by atoms with Crippen molar-refractivity contribution < 1.29 is 9.90 Å². The normalized spacial score (nSPS) is 21.2. The number of carbonyl (C=O) groups excluding carboxylic acids is 1. The number of nitrogens with zero attached hydrogens (tertiary/aromatic N) is 5. The van der Waals surface area contributed by atoms with Crippen LogP contribution in [0.2, 0.25) is 0 Å². The first-order valence-electron chi connectivity index (χ1n) is 10.1. The number of likely N-dealkylation sites (N-methyl/N-ethyl adjacent to an activating group) is 1. The van der Waals surface area contributed by atoms with Gasteiger partial charge in [-0.15, -0.1) is 11.6 Å². The lowest BCUT2D eigenvalue weighted by Crippen LogP contribution is -2.48. The molecule has 2 saturated heterocycles. The Kier molecular flexibility index (Phi) is 4.77. The maximum absolute atomic E-state index is 12.1. The predicted octanol–water partition coefficient (Wildman–Crippen LogP) is 2.06. The zero-order valence-electron chi connectivity index (χ0n) is 16.9. The van der Waals surface area contributed by atoms with Gasteiger partial charge in [-0.05, 0) is 24.3 Å². The highest BCUT2D eigenvalue weighted by molar-refractivity contribution is 6.22. The van der Waals surface area contributed by atoms with Crippen molar-refractivity contribution in [2.45, 2.75) is 17.4 Å². The van der Waals surface area contributed by atoms with Crippen molar-refractivity contribution in [3.63, 3.8) is 0 Å². The van der Waals surface area contributed by atoms with Gasteiger partial charge in [0.2, 0.25) is 5.60 Å². The van der Waals surface area contributed by atoms with Crippen LogP contribution in [0.15, 0.2) is 42.7 Å². The zero-order chi connectivity index (χ0) is 21.6. The first kappa shape index (κ1) is 19.7. The molecular formula is C23H20ClN5O2. The molecule has 1 aromatic carbocycles. The largest absolute Gasteiger partial charge is 0.369 e. The average Bonchev–Trinajstić information content (AvgIpc) is 3.03. The Morgan fingerprint density at radius 3 is 2.81 bits per heavy atom. The highest BCUT2D eigenvalue weighted by Gasteiger charge is 2.42. The number of hydrogen-bond acceptors (Lipinski definition) is 6. The van der Waals surface area contributed by atoms with E-state index in [-0.39, 0.29) is 11.3 Å². The summed E-state index contributed by atoms with van der Waals surface area (Å²) in [5, 5.41) is 10.7. The van der Waals surface area contributed by atoms with E-state index in [1.165, 1.54) is 4.90 Å². The van der Waals surface area contributed by atoms with Gasteiger partial charge >= 0.3 is 0 Å². The number of amides is 1. The third-order valence-electron chi connectivity index (χ3n) is 5.68. The van der Waals surface area contributed by atoms with E-state index in [4.69, 9.17) is 16.6 Å². The van der Waals surface area contributed by atoms with Crippen LogP contribution >= 0.6 is 11.6 Å². The van der Waals surface area contributed by atoms with E-state index in [1.807, 2.05) is 36.4 Å². The van der Waals surface area contributed by atoms with Crippen LogP contribution in [0.3, 0.4) is 0 Å². The second-order valence-corrected chi connectivity index (χ2v) is 8.55. The molecule has 0 spiro atoms. The molecule has 0 unspecified atom stereocenters. The highest BCUT2D eigenvalue weighted by atomic mass is 35.5. The molecule has 2 fully saturated rings. The van der Waals surface area contributed by atoms with Gasteiger partial charge < -0.3 is 14.9 Å². The molecule has 1 atom stereocenters. The first-order valence-corrected chi connectivity index (χ1v) is 10.5. The van der Waals surface area contributed by atoms with Crippen LogP contribution in [0.4, 0.5) is 5.82 Å². The SMILES string of the molecule is CN1CC[C@@](O)(C#Cc2cccc(-c3ccc4ncnc(N5CC(Cl)C5)c4n3)c2)C1=O. The lowest BCUT2D eigenvalue weighted by molar-refractivity contribution is -0.137. The van der Waals surface area contributed by atoms with Crippen LogP contribution in [0, 0.1) is 11.8 Å². The topological polar surface area (TPSA) is 82.4 Å². The number of alkyl halides is 1. The summed E-state index contributed by atoms with van der Waals surface area (Å²) < 4.78 is 0. The number of aromatic nitrogens is 3. The van der Waals surface area contributed by atoms with E-state index in [9.17, 15) is 9.90 Å². The zero-order valence-corrected chi connectivity index (χ0v) is 17.7. The molecule has 156 valence electrons. The van der Waals surface area contributed by atoms with Gasteiger partial charge in [0.1, 0.15) is 11.8 Å². The number of pyridine rings is 1. The second-order valence-electron chi connectivity index (χ2n) is 7.93. The molecule has 2 aromatic heterocycles. The summed E-state index contributed by atoms with van der Waals surface area (Å²) in [4.78, 5) is 29.3. The maximum atomic E-state index is 12.1. The van der Waals surface area contributed by atoms with Gasteiger partial charge in [-0.2, -0.15) is 0 Å². The van der Waals surface area contributed by atoms with E-state index < -0.39 is 5.60 Å². The van der Waals surface area contributed by atoms with Crippen molar-refractivity contribution in [2.75, 3.05) is 31.6 Å². The fourth-order valence-electron chi connectivity index (χ4n) is 3.82. The highest BCUT2D eigenvalue weighted by Crippen LogP contribution is 2.29. The van der Waals surface area contributed by atoms with E-state index in [1.54, 1.807) is 13.4 Å². The molecule has 2 aliphatic rings. The van der Waals surface area contributed by atoms with Gasteiger partial charge in [-0.3, -0.25) is 4.79 Å². The minimum absolute atomic E-state index is 0.129. The summed E-state index contributed by atoms with van der Waals surface area (Å²) in [5.41, 5.74) is 2.24. The molecular weight excluding hydrogens is 414 g/mol. The van der Waals surface area contributed by atoms with Crippen molar-refractivity contribution in [1.82, 2.24) is 19.9 Å². The Balaban J connectivity index is 1.48. The monoisotopic (exact) mass is 433 g/mol. The smallest absolute Gasteiger partial charge is 0.267 e. The molecule has 31 heavy (non-hydrogen) atoms. The second kappa shape index (κ2) is 7.49. The Bertz CT molecular complexity index is 1250. The van der Waals surface area contributed by atoms with Crippen LogP contribution in [-0.2, 0) is 4.79 Å². The lowest BCUT2D eigenvalue weighted by atomic mass is 10.0. The van der Waals surface area contributed by atoms with E-state index in [2.05, 4.69) is 26.7 Å². The van der Waals surface area contributed by atoms with Gasteiger partial charge in [-0.1, -0.05) is 24.0 Å². The number of hydrogen-bond donors (Lipinski definition) is 1. The minimum Gasteiger partial charge on any atom is -0.369 e. The number of anilines is 1. The van der Waals surface area contributed by atoms with E-state index in [0.717, 1.165) is 41.2 Å². The Morgan fingerprint density at radius 2 is 2.06 bits per heavy atom. The molecule has 7 nitrogen and oxygen atoms in total. The van der Waals surface area contributed by atoms with E-state index in [0.29, 0.717) is 18.5 Å². The van der Waals surface area contributed by atoms with Crippen molar-refractivity contribution in [2.24, 2.45) is 0 Å². The van der Waals surface area contributed by atoms with Gasteiger partial charge in [0, 0.05) is 44.2 Å². The summed E-state index contributed by atoms with van der Waals surface area (Å²) in [7, 11) is 1.67. The standard InChI is InChI=1S/C23H20ClN5O2/c1-28-10-9-23(31,22(28)30)8-7-15-3-2-4-16(11-15)18-5-6-19-20(27-18)21(26-14-25-19)29-12-17(24)13-29/h2-6,11,14,17,31H,9-10,12-13H2,1H3/t23-/m0/s1. The molecule has 1 amide bonds. The number of likely N-dealkylation sites (tertiary alicyclic amines) is 1. The van der Waals surface area contributed by atoms with Crippen LogP contribution in [0.5, 0.6) is 0 Å². The minimum atomic E-state index is -1.62. The molecule has 0 bridgehead atoms. The molecule has 3 aromatic rings. The lowest BCUT2D eigenvalue weighted by Gasteiger charge is -2.36. The number of fused-ring (bicyclic) bond motifs is 1. The summed E-state index contributed by atoms with van der Waals surface area (Å²) in [5.74, 6) is 6.14. The van der Waals surface area contributed by atoms with Crippen LogP contribution < -0.4 is 4.90 Å². The van der Waals surface area contributed by atoms with Crippen molar-refractivity contribution in [3.8, 4) is 23.1 Å². The molecule has 8 heteroatoms. The number of benzene rings is 1. The molecule has 1 N–H and O–H groups in total. The third kappa shape index (κ3) is 3.58. The average molecular weight is 434 g/mol. The summed E-state index contributed by atoms with van der Waals surface area (Å²) in [6, 6.07) is 11.4. The van der Waals surface area contributed by atoms with Gasteiger partial charge in [0.15, 0.2) is 5.82 Å². The quantitative estimate of drug-likeness (QED) is 0.492. The Morgan fingerprint density at radius 1 is 1.23 bits per heavy atom. The molecule has 4 heterocycles. The fourth-order valence-corrected chi connectivity index (χ4v) is 4.15. The molecule has 0 saturated carbocycles. The fraction of sp³-hybridized carbons (Fsp3) is 0.304. The molecule has 0 radical (unpaired) electrons. The summed E-state index contributed by atoms with van der Waals surface area (Å²) in [6.45, 7) is 1.97. The van der Waals surface area contributed by atoms with Crippen LogP contribution in [-0.4, -0.2) is 68.5 Å². The Labute approximate surface area is 184 Å². The predicted molar refractivity (Wildman–Crippen MR) is 119 cm³/mol.